The molecule has 3 rings (SSSR count). The number of hydrogen-bond donors (Lipinski definition) is 2. The van der Waals surface area contributed by atoms with Crippen molar-refractivity contribution in [1.82, 2.24) is 4.98 Å². The second-order valence-electron chi connectivity index (χ2n) is 4.57. The van der Waals surface area contributed by atoms with Crippen LogP contribution < -0.4 is 0 Å². The van der Waals surface area contributed by atoms with E-state index in [0.29, 0.717) is 5.02 Å². The van der Waals surface area contributed by atoms with Gasteiger partial charge in [-0.1, -0.05) is 23.7 Å². The van der Waals surface area contributed by atoms with Crippen LogP contribution >= 0.6 is 11.6 Å². The van der Waals surface area contributed by atoms with E-state index < -0.39 is 5.97 Å². The molecule has 0 saturated carbocycles. The highest BCUT2D eigenvalue weighted by Gasteiger charge is 2.27. The molecule has 1 aliphatic carbocycles. The molecule has 3 nitrogen and oxygen atoms in total. The summed E-state index contributed by atoms with van der Waals surface area (Å²) in [5, 5.41) is 9.70. The van der Waals surface area contributed by atoms with Gasteiger partial charge in [-0.2, -0.15) is 0 Å². The number of carbonyl (C=O) groups is 1. The Kier molecular flexibility index (Phi) is 2.63. The van der Waals surface area contributed by atoms with Crippen molar-refractivity contribution in [3.05, 3.63) is 57.9 Å². The molecule has 1 aromatic heterocycles. The fourth-order valence-electron chi connectivity index (χ4n) is 2.65. The van der Waals surface area contributed by atoms with Crippen molar-refractivity contribution in [2.45, 2.75) is 18.8 Å². The molecule has 92 valence electrons. The second kappa shape index (κ2) is 4.18. The van der Waals surface area contributed by atoms with Crippen LogP contribution in [0.15, 0.2) is 30.3 Å². The van der Waals surface area contributed by atoms with Gasteiger partial charge in [0.15, 0.2) is 0 Å². The molecule has 4 heteroatoms. The number of hydrogen-bond acceptors (Lipinski definition) is 1. The molecule has 1 aliphatic rings. The average molecular weight is 262 g/mol. The first-order valence-electron chi connectivity index (χ1n) is 5.85. The molecule has 1 heterocycles. The maximum absolute atomic E-state index is 11.0. The summed E-state index contributed by atoms with van der Waals surface area (Å²) >= 11 is 6.00. The molecule has 0 radical (unpaired) electrons. The maximum atomic E-state index is 11.0. The van der Waals surface area contributed by atoms with E-state index in [2.05, 4.69) is 4.98 Å². The van der Waals surface area contributed by atoms with Gasteiger partial charge in [-0.3, -0.25) is 0 Å². The number of aromatic carboxylic acids is 1. The normalized spacial score (nSPS) is 17.7. The topological polar surface area (TPSA) is 53.1 Å². The first-order valence-corrected chi connectivity index (χ1v) is 6.23. The summed E-state index contributed by atoms with van der Waals surface area (Å²) in [6, 6.07) is 9.49. The first kappa shape index (κ1) is 11.4. The Hall–Kier alpha value is -1.74. The lowest BCUT2D eigenvalue weighted by Crippen LogP contribution is -2.01. The van der Waals surface area contributed by atoms with Crippen LogP contribution in [0, 0.1) is 0 Å². The van der Waals surface area contributed by atoms with E-state index >= 15 is 0 Å². The quantitative estimate of drug-likeness (QED) is 0.870. The van der Waals surface area contributed by atoms with Gasteiger partial charge in [0.2, 0.25) is 0 Å². The minimum absolute atomic E-state index is 0.229. The third-order valence-corrected chi connectivity index (χ3v) is 3.70. The Morgan fingerprint density at radius 3 is 2.94 bits per heavy atom. The smallest absolute Gasteiger partial charge is 0.352 e. The van der Waals surface area contributed by atoms with Gasteiger partial charge in [0.25, 0.3) is 0 Å². The number of carboxylic acids is 1. The average Bonchev–Trinajstić information content (AvgIpc) is 2.87. The van der Waals surface area contributed by atoms with E-state index in [0.717, 1.165) is 29.7 Å². The number of nitrogens with one attached hydrogen (secondary N) is 1. The van der Waals surface area contributed by atoms with Crippen LogP contribution in [0.3, 0.4) is 0 Å². The fraction of sp³-hybridized carbons (Fsp3) is 0.214. The molecule has 2 N–H and O–H groups in total. The molecule has 0 spiro atoms. The maximum Gasteiger partial charge on any atom is 0.352 e. The van der Waals surface area contributed by atoms with E-state index in [-0.39, 0.29) is 11.6 Å². The monoisotopic (exact) mass is 261 g/mol. The van der Waals surface area contributed by atoms with Gasteiger partial charge in [0.05, 0.1) is 0 Å². The number of carboxylic acid groups (broad SMARTS) is 1. The second-order valence-corrected chi connectivity index (χ2v) is 5.01. The molecule has 0 aliphatic heterocycles. The van der Waals surface area contributed by atoms with E-state index in [4.69, 9.17) is 16.7 Å². The molecule has 0 fully saturated rings. The standard InChI is InChI=1S/C14H12ClNO2/c15-10-3-1-2-8(6-10)11-5-4-9-7-12(14(17)18)16-13(9)11/h1-3,6-7,11,16H,4-5H2,(H,17,18). The van der Waals surface area contributed by atoms with Gasteiger partial charge in [-0.05, 0) is 42.2 Å². The Bertz CT molecular complexity index is 618. The first-order chi connectivity index (χ1) is 8.65. The summed E-state index contributed by atoms with van der Waals surface area (Å²) in [6.07, 6.45) is 1.91. The highest BCUT2D eigenvalue weighted by Crippen LogP contribution is 2.38. The van der Waals surface area contributed by atoms with Crippen molar-refractivity contribution in [3.8, 4) is 0 Å². The van der Waals surface area contributed by atoms with Gasteiger partial charge in [0, 0.05) is 16.6 Å². The summed E-state index contributed by atoms with van der Waals surface area (Å²) in [7, 11) is 0. The minimum atomic E-state index is -0.908. The van der Waals surface area contributed by atoms with Gasteiger partial charge in [-0.15, -0.1) is 0 Å². The Morgan fingerprint density at radius 2 is 2.22 bits per heavy atom. The van der Waals surface area contributed by atoms with E-state index in [1.807, 2.05) is 24.3 Å². The number of aromatic nitrogens is 1. The van der Waals surface area contributed by atoms with Crippen molar-refractivity contribution < 1.29 is 9.90 Å². The number of aryl methyl sites for hydroxylation is 1. The molecule has 0 bridgehead atoms. The van der Waals surface area contributed by atoms with Crippen LogP contribution in [0.2, 0.25) is 5.02 Å². The Labute approximate surface area is 109 Å². The van der Waals surface area contributed by atoms with Crippen LogP contribution in [-0.2, 0) is 6.42 Å². The lowest BCUT2D eigenvalue weighted by molar-refractivity contribution is 0.0691. The minimum Gasteiger partial charge on any atom is -0.477 e. The Morgan fingerprint density at radius 1 is 1.39 bits per heavy atom. The van der Waals surface area contributed by atoms with Crippen molar-refractivity contribution >= 4 is 17.6 Å². The SMILES string of the molecule is O=C(O)c1cc2c([nH]1)C(c1cccc(Cl)c1)CC2. The highest BCUT2D eigenvalue weighted by molar-refractivity contribution is 6.30. The highest BCUT2D eigenvalue weighted by atomic mass is 35.5. The van der Waals surface area contributed by atoms with Crippen LogP contribution in [-0.4, -0.2) is 16.1 Å². The fourth-order valence-corrected chi connectivity index (χ4v) is 2.85. The van der Waals surface area contributed by atoms with Crippen molar-refractivity contribution in [2.75, 3.05) is 0 Å². The summed E-state index contributed by atoms with van der Waals surface area (Å²) in [5.74, 6) is -0.680. The van der Waals surface area contributed by atoms with Gasteiger partial charge in [-0.25, -0.2) is 4.79 Å². The number of benzene rings is 1. The predicted octanol–water partition coefficient (Wildman–Crippen LogP) is 3.44. The number of fused-ring (bicyclic) bond motifs is 1. The molecule has 1 unspecified atom stereocenters. The lowest BCUT2D eigenvalue weighted by Gasteiger charge is -2.10. The largest absolute Gasteiger partial charge is 0.477 e. The summed E-state index contributed by atoms with van der Waals surface area (Å²) in [4.78, 5) is 14.0. The molecule has 0 amide bonds. The van der Waals surface area contributed by atoms with Gasteiger partial charge in [0.1, 0.15) is 5.69 Å². The molecular formula is C14H12ClNO2. The summed E-state index contributed by atoms with van der Waals surface area (Å²) < 4.78 is 0. The number of H-pyrrole nitrogens is 1. The zero-order chi connectivity index (χ0) is 12.7. The molecular weight excluding hydrogens is 250 g/mol. The molecule has 0 saturated heterocycles. The van der Waals surface area contributed by atoms with Crippen molar-refractivity contribution in [2.24, 2.45) is 0 Å². The zero-order valence-electron chi connectivity index (χ0n) is 9.61. The lowest BCUT2D eigenvalue weighted by atomic mass is 9.97. The van der Waals surface area contributed by atoms with Crippen LogP contribution in [0.1, 0.15) is 39.6 Å². The third kappa shape index (κ3) is 1.81. The summed E-state index contributed by atoms with van der Waals surface area (Å²) in [6.45, 7) is 0. The van der Waals surface area contributed by atoms with Gasteiger partial charge >= 0.3 is 5.97 Å². The van der Waals surface area contributed by atoms with Crippen LogP contribution in [0.25, 0.3) is 0 Å². The van der Waals surface area contributed by atoms with E-state index in [1.165, 1.54) is 0 Å². The number of rotatable bonds is 2. The molecule has 2 aromatic rings. The van der Waals surface area contributed by atoms with Gasteiger partial charge < -0.3 is 10.1 Å². The molecule has 1 atom stereocenters. The van der Waals surface area contributed by atoms with E-state index in [1.54, 1.807) is 6.07 Å². The molecule has 1 aromatic carbocycles. The predicted molar refractivity (Wildman–Crippen MR) is 69.4 cm³/mol. The van der Waals surface area contributed by atoms with Crippen molar-refractivity contribution in [1.29, 1.82) is 0 Å². The molecule has 18 heavy (non-hydrogen) atoms. The zero-order valence-corrected chi connectivity index (χ0v) is 10.4. The number of aromatic amines is 1. The number of halogens is 1. The van der Waals surface area contributed by atoms with Crippen molar-refractivity contribution in [3.63, 3.8) is 0 Å². The Balaban J connectivity index is 2.01. The third-order valence-electron chi connectivity index (χ3n) is 3.47. The van der Waals surface area contributed by atoms with E-state index in [9.17, 15) is 4.79 Å². The summed E-state index contributed by atoms with van der Waals surface area (Å²) in [5.41, 5.74) is 3.54. The van der Waals surface area contributed by atoms with Crippen LogP contribution in [0.5, 0.6) is 0 Å². The van der Waals surface area contributed by atoms with Crippen LogP contribution in [0.4, 0.5) is 0 Å².